The van der Waals surface area contributed by atoms with Crippen LogP contribution in [0.25, 0.3) is 22.7 Å². The van der Waals surface area contributed by atoms with E-state index in [1.807, 2.05) is 12.1 Å². The van der Waals surface area contributed by atoms with Gasteiger partial charge >= 0.3 is 6.01 Å². The van der Waals surface area contributed by atoms with E-state index < -0.39 is 0 Å². The van der Waals surface area contributed by atoms with Crippen LogP contribution in [-0.2, 0) is 13.7 Å². The summed E-state index contributed by atoms with van der Waals surface area (Å²) in [5.74, 6) is 1.12. The second-order valence-electron chi connectivity index (χ2n) is 5.79. The maximum Gasteiger partial charge on any atom is 0.317 e. The second kappa shape index (κ2) is 7.08. The molecular formula is C18H14ClN5O3. The normalized spacial score (nSPS) is 10.9. The first-order valence-electron chi connectivity index (χ1n) is 8.03. The number of nitrogens with one attached hydrogen (secondary N) is 1. The minimum absolute atomic E-state index is 0.158. The summed E-state index contributed by atoms with van der Waals surface area (Å²) in [6, 6.07) is 12.6. The number of ether oxygens (including phenoxy) is 1. The van der Waals surface area contributed by atoms with E-state index in [2.05, 4.69) is 20.3 Å². The highest BCUT2D eigenvalue weighted by Gasteiger charge is 2.14. The Balaban J connectivity index is 1.49. The van der Waals surface area contributed by atoms with Crippen LogP contribution in [-0.4, -0.2) is 24.9 Å². The fourth-order valence-corrected chi connectivity index (χ4v) is 2.76. The minimum Gasteiger partial charge on any atom is -0.457 e. The van der Waals surface area contributed by atoms with Crippen molar-refractivity contribution < 1.29 is 9.26 Å². The third kappa shape index (κ3) is 3.61. The Hall–Kier alpha value is -3.39. The highest BCUT2D eigenvalue weighted by molar-refractivity contribution is 6.30. The summed E-state index contributed by atoms with van der Waals surface area (Å²) < 4.78 is 12.7. The van der Waals surface area contributed by atoms with Crippen molar-refractivity contribution in [1.29, 1.82) is 0 Å². The van der Waals surface area contributed by atoms with Crippen LogP contribution in [0.1, 0.15) is 5.69 Å². The van der Waals surface area contributed by atoms with Gasteiger partial charge in [-0.15, -0.1) is 5.10 Å². The summed E-state index contributed by atoms with van der Waals surface area (Å²) in [6.45, 7) is 0.158. The Morgan fingerprint density at radius 1 is 1.19 bits per heavy atom. The summed E-state index contributed by atoms with van der Waals surface area (Å²) in [7, 11) is 1.76. The van der Waals surface area contributed by atoms with Gasteiger partial charge in [-0.25, -0.2) is 0 Å². The lowest BCUT2D eigenvalue weighted by molar-refractivity contribution is 0.259. The number of rotatable bonds is 5. The van der Waals surface area contributed by atoms with Crippen molar-refractivity contribution in [3.63, 3.8) is 0 Å². The molecule has 0 amide bonds. The zero-order chi connectivity index (χ0) is 18.8. The smallest absolute Gasteiger partial charge is 0.317 e. The van der Waals surface area contributed by atoms with E-state index in [1.165, 1.54) is 6.07 Å². The molecule has 0 fully saturated rings. The fourth-order valence-electron chi connectivity index (χ4n) is 2.57. The molecule has 0 spiro atoms. The molecule has 0 radical (unpaired) electrons. The largest absolute Gasteiger partial charge is 0.457 e. The van der Waals surface area contributed by atoms with E-state index in [-0.39, 0.29) is 12.2 Å². The van der Waals surface area contributed by atoms with Crippen molar-refractivity contribution in [1.82, 2.24) is 24.9 Å². The first kappa shape index (κ1) is 17.0. The Morgan fingerprint density at radius 3 is 2.89 bits per heavy atom. The molecular weight excluding hydrogens is 370 g/mol. The molecule has 0 atom stereocenters. The van der Waals surface area contributed by atoms with Gasteiger partial charge in [-0.3, -0.25) is 9.36 Å². The number of aromatic nitrogens is 5. The molecule has 0 saturated heterocycles. The van der Waals surface area contributed by atoms with Crippen molar-refractivity contribution in [2.24, 2.45) is 7.05 Å². The van der Waals surface area contributed by atoms with Gasteiger partial charge in [0.05, 0.1) is 0 Å². The molecule has 9 heteroatoms. The maximum atomic E-state index is 11.5. The molecule has 0 aliphatic heterocycles. The lowest BCUT2D eigenvalue weighted by atomic mass is 10.2. The number of pyridine rings is 1. The average molecular weight is 384 g/mol. The van der Waals surface area contributed by atoms with Crippen LogP contribution in [0.2, 0.25) is 5.02 Å². The molecule has 3 aromatic heterocycles. The predicted molar refractivity (Wildman–Crippen MR) is 98.3 cm³/mol. The number of hydrogen-bond acceptors (Lipinski definition) is 6. The maximum absolute atomic E-state index is 11.5. The molecule has 4 aromatic rings. The molecule has 136 valence electrons. The van der Waals surface area contributed by atoms with Crippen LogP contribution in [0.4, 0.5) is 0 Å². The summed E-state index contributed by atoms with van der Waals surface area (Å²) >= 11 is 6.00. The SMILES string of the molecule is Cn1c(OCc2cc(-c3cccc(Cl)c3)on2)nnc1-c1cc[nH]c(=O)c1. The monoisotopic (exact) mass is 383 g/mol. The first-order chi connectivity index (χ1) is 13.1. The van der Waals surface area contributed by atoms with Gasteiger partial charge in [0.15, 0.2) is 11.6 Å². The van der Waals surface area contributed by atoms with Crippen molar-refractivity contribution in [3.05, 3.63) is 69.7 Å². The summed E-state index contributed by atoms with van der Waals surface area (Å²) in [5.41, 5.74) is 1.87. The molecule has 0 unspecified atom stereocenters. The van der Waals surface area contributed by atoms with Gasteiger partial charge in [0, 0.05) is 41.5 Å². The lowest BCUT2D eigenvalue weighted by Crippen LogP contribution is -2.05. The highest BCUT2D eigenvalue weighted by Crippen LogP contribution is 2.24. The lowest BCUT2D eigenvalue weighted by Gasteiger charge is -2.04. The van der Waals surface area contributed by atoms with E-state index in [4.69, 9.17) is 20.9 Å². The second-order valence-corrected chi connectivity index (χ2v) is 6.22. The number of benzene rings is 1. The van der Waals surface area contributed by atoms with Crippen molar-refractivity contribution in [2.45, 2.75) is 6.61 Å². The minimum atomic E-state index is -0.214. The topological polar surface area (TPSA) is 98.8 Å². The molecule has 0 aliphatic rings. The quantitative estimate of drug-likeness (QED) is 0.568. The number of nitrogens with zero attached hydrogens (tertiary/aromatic N) is 4. The molecule has 0 bridgehead atoms. The van der Waals surface area contributed by atoms with Gasteiger partial charge in [-0.1, -0.05) is 34.0 Å². The molecule has 0 aliphatic carbocycles. The number of halogens is 1. The predicted octanol–water partition coefficient (Wildman–Crippen LogP) is 3.06. The van der Waals surface area contributed by atoms with Crippen LogP contribution < -0.4 is 10.3 Å². The summed E-state index contributed by atoms with van der Waals surface area (Å²) in [6.07, 6.45) is 1.56. The van der Waals surface area contributed by atoms with E-state index in [0.29, 0.717) is 33.9 Å². The van der Waals surface area contributed by atoms with Crippen molar-refractivity contribution >= 4 is 11.6 Å². The average Bonchev–Trinajstić information content (AvgIpc) is 3.27. The van der Waals surface area contributed by atoms with Gasteiger partial charge in [-0.05, 0) is 18.2 Å². The Labute approximate surface area is 158 Å². The van der Waals surface area contributed by atoms with Crippen LogP contribution in [0.15, 0.2) is 58.0 Å². The first-order valence-corrected chi connectivity index (χ1v) is 8.41. The summed E-state index contributed by atoms with van der Waals surface area (Å²) in [4.78, 5) is 14.0. The van der Waals surface area contributed by atoms with Gasteiger partial charge in [-0.2, -0.15) is 0 Å². The molecule has 3 heterocycles. The molecule has 8 nitrogen and oxygen atoms in total. The molecule has 4 rings (SSSR count). The van der Waals surface area contributed by atoms with Crippen LogP contribution in [0, 0.1) is 0 Å². The van der Waals surface area contributed by atoms with Gasteiger partial charge in [0.1, 0.15) is 12.3 Å². The van der Waals surface area contributed by atoms with Crippen LogP contribution in [0.3, 0.4) is 0 Å². The molecule has 27 heavy (non-hydrogen) atoms. The number of hydrogen-bond donors (Lipinski definition) is 1. The van der Waals surface area contributed by atoms with E-state index in [1.54, 1.807) is 42.1 Å². The zero-order valence-corrected chi connectivity index (χ0v) is 15.0. The number of aromatic amines is 1. The zero-order valence-electron chi connectivity index (χ0n) is 14.2. The van der Waals surface area contributed by atoms with E-state index >= 15 is 0 Å². The third-order valence-corrected chi connectivity index (χ3v) is 4.12. The Kier molecular flexibility index (Phi) is 4.47. The van der Waals surface area contributed by atoms with E-state index in [0.717, 1.165) is 5.56 Å². The van der Waals surface area contributed by atoms with Gasteiger partial charge in [0.2, 0.25) is 5.56 Å². The van der Waals surface area contributed by atoms with Gasteiger partial charge < -0.3 is 14.2 Å². The van der Waals surface area contributed by atoms with Crippen molar-refractivity contribution in [2.75, 3.05) is 0 Å². The standard InChI is InChI=1S/C18H14ClN5O3/c1-24-17(12-5-6-20-16(25)8-12)21-22-18(24)26-10-14-9-15(27-23-14)11-3-2-4-13(19)7-11/h2-9H,10H2,1H3,(H,20,25). The fraction of sp³-hybridized carbons (Fsp3) is 0.111. The molecule has 1 N–H and O–H groups in total. The van der Waals surface area contributed by atoms with Crippen molar-refractivity contribution in [3.8, 4) is 28.7 Å². The molecule has 0 saturated carbocycles. The Morgan fingerprint density at radius 2 is 2.07 bits per heavy atom. The third-order valence-electron chi connectivity index (χ3n) is 3.89. The highest BCUT2D eigenvalue weighted by atomic mass is 35.5. The van der Waals surface area contributed by atoms with Crippen LogP contribution in [0.5, 0.6) is 6.01 Å². The number of H-pyrrole nitrogens is 1. The van der Waals surface area contributed by atoms with Gasteiger partial charge in [0.25, 0.3) is 0 Å². The Bertz CT molecular complexity index is 1150. The summed E-state index contributed by atoms with van der Waals surface area (Å²) in [5, 5.41) is 12.7. The molecule has 1 aromatic carbocycles. The van der Waals surface area contributed by atoms with Crippen LogP contribution >= 0.6 is 11.6 Å². The van der Waals surface area contributed by atoms with E-state index in [9.17, 15) is 4.79 Å².